The first-order valence-corrected chi connectivity index (χ1v) is 6.10. The lowest BCUT2D eigenvalue weighted by atomic mass is 10.0. The third-order valence-electron chi connectivity index (χ3n) is 2.76. The van der Waals surface area contributed by atoms with Crippen molar-refractivity contribution >= 4 is 5.97 Å². The lowest BCUT2D eigenvalue weighted by molar-refractivity contribution is -0.141. The molecule has 0 aliphatic carbocycles. The molecule has 0 fully saturated rings. The number of hydrogen-bond donors (Lipinski definition) is 1. The standard InChI is InChI=1S/C14H21NO2/c1-3-15-13(11-14(16)17-2)10-9-12-7-5-4-6-8-12/h4-8,13,15H,3,9-11H2,1-2H3. The fourth-order valence-electron chi connectivity index (χ4n) is 1.84. The van der Waals surface area contributed by atoms with E-state index in [9.17, 15) is 4.79 Å². The first-order chi connectivity index (χ1) is 8.26. The molecule has 17 heavy (non-hydrogen) atoms. The van der Waals surface area contributed by atoms with Gasteiger partial charge in [-0.15, -0.1) is 0 Å². The number of carbonyl (C=O) groups is 1. The lowest BCUT2D eigenvalue weighted by Gasteiger charge is -2.16. The maximum atomic E-state index is 11.2. The maximum Gasteiger partial charge on any atom is 0.307 e. The second kappa shape index (κ2) is 7.85. The first-order valence-electron chi connectivity index (χ1n) is 6.10. The van der Waals surface area contributed by atoms with E-state index in [0.29, 0.717) is 6.42 Å². The molecule has 0 aliphatic rings. The third-order valence-corrected chi connectivity index (χ3v) is 2.76. The molecular weight excluding hydrogens is 214 g/mol. The second-order valence-corrected chi connectivity index (χ2v) is 4.06. The van der Waals surface area contributed by atoms with Crippen LogP contribution in [-0.4, -0.2) is 25.7 Å². The van der Waals surface area contributed by atoms with Gasteiger partial charge in [-0.1, -0.05) is 37.3 Å². The minimum atomic E-state index is -0.149. The number of methoxy groups -OCH3 is 1. The highest BCUT2D eigenvalue weighted by molar-refractivity contribution is 5.69. The van der Waals surface area contributed by atoms with E-state index in [-0.39, 0.29) is 12.0 Å². The quantitative estimate of drug-likeness (QED) is 0.736. The van der Waals surface area contributed by atoms with E-state index in [4.69, 9.17) is 4.74 Å². The Morgan fingerprint density at radius 1 is 1.35 bits per heavy atom. The molecule has 0 aromatic heterocycles. The zero-order valence-corrected chi connectivity index (χ0v) is 10.6. The molecule has 1 unspecified atom stereocenters. The van der Waals surface area contributed by atoms with E-state index in [1.165, 1.54) is 12.7 Å². The number of carbonyl (C=O) groups excluding carboxylic acids is 1. The summed E-state index contributed by atoms with van der Waals surface area (Å²) in [4.78, 5) is 11.2. The Labute approximate surface area is 103 Å². The third kappa shape index (κ3) is 5.50. The van der Waals surface area contributed by atoms with Gasteiger partial charge in [-0.05, 0) is 24.9 Å². The smallest absolute Gasteiger partial charge is 0.307 e. The average Bonchev–Trinajstić information content (AvgIpc) is 2.37. The van der Waals surface area contributed by atoms with Crippen molar-refractivity contribution in [1.29, 1.82) is 0 Å². The minimum absolute atomic E-state index is 0.149. The van der Waals surface area contributed by atoms with Crippen LogP contribution in [0.4, 0.5) is 0 Å². The summed E-state index contributed by atoms with van der Waals surface area (Å²) in [6.45, 7) is 2.92. The van der Waals surface area contributed by atoms with Crippen LogP contribution in [0.25, 0.3) is 0 Å². The summed E-state index contributed by atoms with van der Waals surface area (Å²) in [7, 11) is 1.43. The van der Waals surface area contributed by atoms with Crippen molar-refractivity contribution in [3.63, 3.8) is 0 Å². The van der Waals surface area contributed by atoms with Gasteiger partial charge in [0, 0.05) is 6.04 Å². The molecule has 1 aromatic carbocycles. The van der Waals surface area contributed by atoms with E-state index < -0.39 is 0 Å². The van der Waals surface area contributed by atoms with Gasteiger partial charge in [0.05, 0.1) is 13.5 Å². The Kier molecular flexibility index (Phi) is 6.33. The molecule has 0 amide bonds. The maximum absolute atomic E-state index is 11.2. The molecule has 1 aromatic rings. The molecule has 0 radical (unpaired) electrons. The van der Waals surface area contributed by atoms with Crippen LogP contribution in [-0.2, 0) is 16.0 Å². The normalized spacial score (nSPS) is 12.1. The highest BCUT2D eigenvalue weighted by Crippen LogP contribution is 2.07. The fourth-order valence-corrected chi connectivity index (χ4v) is 1.84. The Hall–Kier alpha value is -1.35. The summed E-state index contributed by atoms with van der Waals surface area (Å²) >= 11 is 0. The summed E-state index contributed by atoms with van der Waals surface area (Å²) in [5.41, 5.74) is 1.31. The van der Waals surface area contributed by atoms with E-state index in [1.807, 2.05) is 25.1 Å². The molecule has 0 saturated carbocycles. The van der Waals surface area contributed by atoms with Crippen LogP contribution >= 0.6 is 0 Å². The predicted octanol–water partition coefficient (Wildman–Crippen LogP) is 2.16. The van der Waals surface area contributed by atoms with Crippen molar-refractivity contribution in [2.45, 2.75) is 32.2 Å². The molecular formula is C14H21NO2. The number of benzene rings is 1. The van der Waals surface area contributed by atoms with Gasteiger partial charge in [0.15, 0.2) is 0 Å². The van der Waals surface area contributed by atoms with Crippen LogP contribution in [0.5, 0.6) is 0 Å². The summed E-state index contributed by atoms with van der Waals surface area (Å²) < 4.78 is 4.70. The number of hydrogen-bond acceptors (Lipinski definition) is 3. The van der Waals surface area contributed by atoms with Crippen molar-refractivity contribution < 1.29 is 9.53 Å². The Morgan fingerprint density at radius 3 is 2.65 bits per heavy atom. The number of esters is 1. The van der Waals surface area contributed by atoms with Crippen LogP contribution in [0.3, 0.4) is 0 Å². The van der Waals surface area contributed by atoms with Crippen LogP contribution in [0, 0.1) is 0 Å². The summed E-state index contributed by atoms with van der Waals surface area (Å²) in [5, 5.41) is 3.32. The Bertz CT molecular complexity index is 324. The fraction of sp³-hybridized carbons (Fsp3) is 0.500. The van der Waals surface area contributed by atoms with Gasteiger partial charge in [-0.25, -0.2) is 0 Å². The molecule has 0 spiro atoms. The molecule has 3 nitrogen and oxygen atoms in total. The molecule has 1 N–H and O–H groups in total. The SMILES string of the molecule is CCNC(CCc1ccccc1)CC(=O)OC. The van der Waals surface area contributed by atoms with Crippen LogP contribution in [0.2, 0.25) is 0 Å². The van der Waals surface area contributed by atoms with Crippen molar-refractivity contribution in [2.75, 3.05) is 13.7 Å². The molecule has 3 heteroatoms. The van der Waals surface area contributed by atoms with Crippen molar-refractivity contribution in [2.24, 2.45) is 0 Å². The average molecular weight is 235 g/mol. The Morgan fingerprint density at radius 2 is 2.06 bits per heavy atom. The second-order valence-electron chi connectivity index (χ2n) is 4.06. The molecule has 0 aliphatic heterocycles. The highest BCUT2D eigenvalue weighted by Gasteiger charge is 2.12. The Balaban J connectivity index is 2.41. The highest BCUT2D eigenvalue weighted by atomic mass is 16.5. The molecule has 1 rings (SSSR count). The van der Waals surface area contributed by atoms with Crippen molar-refractivity contribution in [3.05, 3.63) is 35.9 Å². The van der Waals surface area contributed by atoms with Gasteiger partial charge in [0.1, 0.15) is 0 Å². The predicted molar refractivity (Wildman–Crippen MR) is 68.9 cm³/mol. The molecule has 1 atom stereocenters. The van der Waals surface area contributed by atoms with Crippen molar-refractivity contribution in [3.8, 4) is 0 Å². The van der Waals surface area contributed by atoms with Gasteiger partial charge in [0.25, 0.3) is 0 Å². The lowest BCUT2D eigenvalue weighted by Crippen LogP contribution is -2.32. The van der Waals surface area contributed by atoms with E-state index in [2.05, 4.69) is 17.4 Å². The van der Waals surface area contributed by atoms with Crippen molar-refractivity contribution in [1.82, 2.24) is 5.32 Å². The summed E-state index contributed by atoms with van der Waals surface area (Å²) in [5.74, 6) is -0.149. The zero-order chi connectivity index (χ0) is 12.5. The van der Waals surface area contributed by atoms with Crippen LogP contribution in [0.1, 0.15) is 25.3 Å². The monoisotopic (exact) mass is 235 g/mol. The van der Waals surface area contributed by atoms with Gasteiger partial charge >= 0.3 is 5.97 Å². The zero-order valence-electron chi connectivity index (χ0n) is 10.6. The van der Waals surface area contributed by atoms with Crippen LogP contribution in [0.15, 0.2) is 30.3 Å². The summed E-state index contributed by atoms with van der Waals surface area (Å²) in [6, 6.07) is 10.5. The number of ether oxygens (including phenoxy) is 1. The number of aryl methyl sites for hydroxylation is 1. The largest absolute Gasteiger partial charge is 0.469 e. The van der Waals surface area contributed by atoms with E-state index in [0.717, 1.165) is 19.4 Å². The number of rotatable bonds is 7. The van der Waals surface area contributed by atoms with E-state index in [1.54, 1.807) is 0 Å². The van der Waals surface area contributed by atoms with Gasteiger partial charge in [0.2, 0.25) is 0 Å². The van der Waals surface area contributed by atoms with E-state index >= 15 is 0 Å². The van der Waals surface area contributed by atoms with Gasteiger partial charge in [-0.2, -0.15) is 0 Å². The first kappa shape index (κ1) is 13.7. The van der Waals surface area contributed by atoms with Crippen LogP contribution < -0.4 is 5.32 Å². The summed E-state index contributed by atoms with van der Waals surface area (Å²) in [6.07, 6.45) is 2.37. The molecule has 0 heterocycles. The molecule has 94 valence electrons. The minimum Gasteiger partial charge on any atom is -0.469 e. The topological polar surface area (TPSA) is 38.3 Å². The number of nitrogens with one attached hydrogen (secondary N) is 1. The van der Waals surface area contributed by atoms with Gasteiger partial charge in [-0.3, -0.25) is 4.79 Å². The molecule has 0 saturated heterocycles. The molecule has 0 bridgehead atoms. The van der Waals surface area contributed by atoms with Gasteiger partial charge < -0.3 is 10.1 Å².